The first kappa shape index (κ1) is 32.7. The molecule has 9 aromatic carbocycles. The van der Waals surface area contributed by atoms with Crippen molar-refractivity contribution in [2.75, 3.05) is 4.90 Å². The van der Waals surface area contributed by atoms with Gasteiger partial charge < -0.3 is 13.7 Å². The van der Waals surface area contributed by atoms with Crippen molar-refractivity contribution in [2.24, 2.45) is 0 Å². The van der Waals surface area contributed by atoms with Crippen molar-refractivity contribution < 1.29 is 8.83 Å². The van der Waals surface area contributed by atoms with E-state index in [1.807, 2.05) is 42.5 Å². The zero-order valence-corrected chi connectivity index (χ0v) is 30.8. The summed E-state index contributed by atoms with van der Waals surface area (Å²) in [4.78, 5) is 7.08. The molecule has 268 valence electrons. The maximum absolute atomic E-state index is 6.44. The first-order valence-corrected chi connectivity index (χ1v) is 19.2. The van der Waals surface area contributed by atoms with E-state index >= 15 is 0 Å². The van der Waals surface area contributed by atoms with Crippen LogP contribution < -0.4 is 4.90 Å². The zero-order chi connectivity index (χ0) is 37.7. The van der Waals surface area contributed by atoms with E-state index in [2.05, 4.69) is 169 Å². The Morgan fingerprint density at radius 3 is 1.61 bits per heavy atom. The van der Waals surface area contributed by atoms with Crippen molar-refractivity contribution in [2.45, 2.75) is 0 Å². The Morgan fingerprint density at radius 2 is 0.877 bits per heavy atom. The molecule has 0 amide bonds. The standard InChI is InChI=1S/C53H34N2O2/c1-3-10-35(11-4-1)41-16-9-17-46(31-41)55(44-25-20-37(21-26-44)42-19-18-36-12-7-8-15-40(36)30-42)45-27-22-38(23-28-45)43-24-29-47-48-33-52-49(34-51(48)56-50(47)32-43)54-53(57-52)39-13-5-2-6-14-39/h1-34H. The Hall–Kier alpha value is -7.69. The summed E-state index contributed by atoms with van der Waals surface area (Å²) < 4.78 is 12.6. The van der Waals surface area contributed by atoms with Gasteiger partial charge in [-0.3, -0.25) is 0 Å². The zero-order valence-electron chi connectivity index (χ0n) is 30.8. The van der Waals surface area contributed by atoms with Crippen molar-refractivity contribution in [3.8, 4) is 44.8 Å². The van der Waals surface area contributed by atoms with Crippen molar-refractivity contribution in [1.82, 2.24) is 4.98 Å². The minimum absolute atomic E-state index is 0.605. The van der Waals surface area contributed by atoms with Gasteiger partial charge >= 0.3 is 0 Å². The fourth-order valence-electron chi connectivity index (χ4n) is 7.96. The van der Waals surface area contributed by atoms with Crippen LogP contribution in [0.3, 0.4) is 0 Å². The largest absolute Gasteiger partial charge is 0.456 e. The van der Waals surface area contributed by atoms with E-state index in [1.165, 1.54) is 33.0 Å². The van der Waals surface area contributed by atoms with E-state index in [-0.39, 0.29) is 0 Å². The molecule has 0 N–H and O–H groups in total. The molecule has 4 nitrogen and oxygen atoms in total. The molecule has 0 aliphatic heterocycles. The third-order valence-electron chi connectivity index (χ3n) is 10.9. The van der Waals surface area contributed by atoms with Gasteiger partial charge in [-0.25, -0.2) is 4.98 Å². The molecule has 2 heterocycles. The maximum Gasteiger partial charge on any atom is 0.227 e. The van der Waals surface area contributed by atoms with E-state index in [4.69, 9.17) is 13.8 Å². The Morgan fingerprint density at radius 1 is 0.316 bits per heavy atom. The van der Waals surface area contributed by atoms with E-state index in [0.29, 0.717) is 5.89 Å². The predicted molar refractivity (Wildman–Crippen MR) is 235 cm³/mol. The van der Waals surface area contributed by atoms with Gasteiger partial charge in [0.2, 0.25) is 5.89 Å². The summed E-state index contributed by atoms with van der Waals surface area (Å²) in [6.07, 6.45) is 0. The lowest BCUT2D eigenvalue weighted by molar-refractivity contribution is 0.620. The molecule has 0 spiro atoms. The number of anilines is 3. The predicted octanol–water partition coefficient (Wildman–Crippen LogP) is 15.0. The number of aromatic nitrogens is 1. The average Bonchev–Trinajstić information content (AvgIpc) is 3.87. The highest BCUT2D eigenvalue weighted by molar-refractivity contribution is 6.09. The van der Waals surface area contributed by atoms with Crippen LogP contribution in [-0.2, 0) is 0 Å². The fourth-order valence-corrected chi connectivity index (χ4v) is 7.96. The normalized spacial score (nSPS) is 11.5. The number of benzene rings is 9. The summed E-state index contributed by atoms with van der Waals surface area (Å²) in [6, 6.07) is 72.6. The van der Waals surface area contributed by atoms with Crippen LogP contribution in [0.1, 0.15) is 0 Å². The van der Waals surface area contributed by atoms with Crippen molar-refractivity contribution in [3.63, 3.8) is 0 Å². The van der Waals surface area contributed by atoms with Gasteiger partial charge in [0.1, 0.15) is 16.7 Å². The van der Waals surface area contributed by atoms with E-state index in [9.17, 15) is 0 Å². The van der Waals surface area contributed by atoms with Gasteiger partial charge in [0, 0.05) is 39.5 Å². The molecular weight excluding hydrogens is 697 g/mol. The second-order valence-corrected chi connectivity index (χ2v) is 14.4. The van der Waals surface area contributed by atoms with E-state index in [0.717, 1.165) is 66.8 Å². The lowest BCUT2D eigenvalue weighted by atomic mass is 10.00. The Labute approximate surface area is 329 Å². The molecule has 2 aromatic heterocycles. The van der Waals surface area contributed by atoms with Crippen molar-refractivity contribution in [1.29, 1.82) is 0 Å². The highest BCUT2D eigenvalue weighted by Gasteiger charge is 2.17. The lowest BCUT2D eigenvalue weighted by Gasteiger charge is -2.26. The topological polar surface area (TPSA) is 42.4 Å². The van der Waals surface area contributed by atoms with Gasteiger partial charge in [0.15, 0.2) is 5.58 Å². The molecule has 0 radical (unpaired) electrons. The molecule has 57 heavy (non-hydrogen) atoms. The molecule has 4 heteroatoms. The first-order chi connectivity index (χ1) is 28.2. The SMILES string of the molecule is c1ccc(-c2cccc(N(c3ccc(-c4ccc5ccccc5c4)cc3)c3ccc(-c4ccc5c(c4)oc4cc6nc(-c7ccccc7)oc6cc45)cc3)c2)cc1. The van der Waals surface area contributed by atoms with Gasteiger partial charge in [0.05, 0.1) is 0 Å². The van der Waals surface area contributed by atoms with Crippen LogP contribution >= 0.6 is 0 Å². The number of furan rings is 1. The summed E-state index contributed by atoms with van der Waals surface area (Å²) in [5.41, 5.74) is 14.2. The van der Waals surface area contributed by atoms with Crippen molar-refractivity contribution in [3.05, 3.63) is 206 Å². The van der Waals surface area contributed by atoms with Crippen molar-refractivity contribution >= 4 is 60.9 Å². The average molecular weight is 731 g/mol. The van der Waals surface area contributed by atoms with Gasteiger partial charge in [-0.15, -0.1) is 0 Å². The maximum atomic E-state index is 6.44. The van der Waals surface area contributed by atoms with Crippen LogP contribution in [0, 0.1) is 0 Å². The molecule has 0 saturated heterocycles. The molecule has 0 bridgehead atoms. The smallest absolute Gasteiger partial charge is 0.227 e. The highest BCUT2D eigenvalue weighted by Crippen LogP contribution is 2.40. The van der Waals surface area contributed by atoms with Gasteiger partial charge in [-0.05, 0) is 117 Å². The monoisotopic (exact) mass is 730 g/mol. The van der Waals surface area contributed by atoms with Crippen LogP contribution in [0.2, 0.25) is 0 Å². The van der Waals surface area contributed by atoms with Crippen LogP contribution in [0.5, 0.6) is 0 Å². The summed E-state index contributed by atoms with van der Waals surface area (Å²) in [7, 11) is 0. The molecule has 0 aliphatic rings. The number of fused-ring (bicyclic) bond motifs is 5. The van der Waals surface area contributed by atoms with Gasteiger partial charge in [-0.2, -0.15) is 0 Å². The third-order valence-corrected chi connectivity index (χ3v) is 10.9. The molecule has 11 aromatic rings. The molecule has 0 unspecified atom stereocenters. The summed E-state index contributed by atoms with van der Waals surface area (Å²) in [5, 5.41) is 4.54. The Bertz CT molecular complexity index is 3220. The number of nitrogens with zero attached hydrogens (tertiary/aromatic N) is 2. The second-order valence-electron chi connectivity index (χ2n) is 14.4. The number of oxazole rings is 1. The molecular formula is C53H34N2O2. The molecule has 0 aliphatic carbocycles. The number of hydrogen-bond acceptors (Lipinski definition) is 4. The summed E-state index contributed by atoms with van der Waals surface area (Å²) in [5.74, 6) is 0.605. The van der Waals surface area contributed by atoms with E-state index < -0.39 is 0 Å². The third kappa shape index (κ3) is 6.01. The molecule has 0 fully saturated rings. The lowest BCUT2D eigenvalue weighted by Crippen LogP contribution is -2.10. The summed E-state index contributed by atoms with van der Waals surface area (Å²) in [6.45, 7) is 0. The minimum Gasteiger partial charge on any atom is -0.456 e. The molecule has 0 atom stereocenters. The van der Waals surface area contributed by atoms with Crippen LogP contribution in [0.25, 0.3) is 88.6 Å². The van der Waals surface area contributed by atoms with Gasteiger partial charge in [-0.1, -0.05) is 127 Å². The minimum atomic E-state index is 0.605. The summed E-state index contributed by atoms with van der Waals surface area (Å²) >= 11 is 0. The second kappa shape index (κ2) is 13.6. The van der Waals surface area contributed by atoms with Crippen LogP contribution in [0.15, 0.2) is 215 Å². The Balaban J connectivity index is 0.942. The first-order valence-electron chi connectivity index (χ1n) is 19.2. The van der Waals surface area contributed by atoms with E-state index in [1.54, 1.807) is 0 Å². The Kier molecular flexibility index (Phi) is 7.78. The number of rotatable bonds is 7. The van der Waals surface area contributed by atoms with Gasteiger partial charge in [0.25, 0.3) is 0 Å². The molecule has 11 rings (SSSR count). The highest BCUT2D eigenvalue weighted by atomic mass is 16.4. The van der Waals surface area contributed by atoms with Crippen LogP contribution in [0.4, 0.5) is 17.1 Å². The fraction of sp³-hybridized carbons (Fsp3) is 0. The number of hydrogen-bond donors (Lipinski definition) is 0. The quantitative estimate of drug-likeness (QED) is 0.164. The molecule has 0 saturated carbocycles. The van der Waals surface area contributed by atoms with Crippen LogP contribution in [-0.4, -0.2) is 4.98 Å².